The number of sulfonamides is 1. The number of ether oxygens (including phenoxy) is 2. The molecule has 0 bridgehead atoms. The summed E-state index contributed by atoms with van der Waals surface area (Å²) < 4.78 is 38.2. The van der Waals surface area contributed by atoms with Crippen LogP contribution in [-0.2, 0) is 19.5 Å². The van der Waals surface area contributed by atoms with Crippen LogP contribution in [0.15, 0.2) is 23.1 Å². The summed E-state index contributed by atoms with van der Waals surface area (Å²) in [7, 11) is -3.85. The van der Waals surface area contributed by atoms with Crippen LogP contribution in [0.4, 0.5) is 11.4 Å². The lowest BCUT2D eigenvalue weighted by molar-refractivity contribution is -0.385. The van der Waals surface area contributed by atoms with Gasteiger partial charge in [0.1, 0.15) is 4.90 Å². The maximum absolute atomic E-state index is 13.1. The fraction of sp³-hybridized carbons (Fsp3) is 0.600. The van der Waals surface area contributed by atoms with Crippen LogP contribution in [0.2, 0.25) is 0 Å². The van der Waals surface area contributed by atoms with Crippen LogP contribution in [0.5, 0.6) is 0 Å². The second-order valence-electron chi connectivity index (χ2n) is 6.05. The van der Waals surface area contributed by atoms with E-state index in [0.717, 1.165) is 6.07 Å². The van der Waals surface area contributed by atoms with Crippen LogP contribution in [0.1, 0.15) is 6.92 Å². The van der Waals surface area contributed by atoms with Gasteiger partial charge in [-0.2, -0.15) is 4.31 Å². The third kappa shape index (κ3) is 3.76. The molecule has 2 aliphatic rings. The van der Waals surface area contributed by atoms with Gasteiger partial charge in [0.05, 0.1) is 36.5 Å². The Bertz CT molecular complexity index is 748. The van der Waals surface area contributed by atoms with Gasteiger partial charge in [-0.25, -0.2) is 8.42 Å². The number of anilines is 1. The van der Waals surface area contributed by atoms with Gasteiger partial charge in [-0.3, -0.25) is 10.1 Å². The molecule has 2 heterocycles. The summed E-state index contributed by atoms with van der Waals surface area (Å²) in [6.45, 7) is 4.57. The van der Waals surface area contributed by atoms with Crippen LogP contribution >= 0.6 is 0 Å². The van der Waals surface area contributed by atoms with E-state index in [0.29, 0.717) is 38.6 Å². The summed E-state index contributed by atoms with van der Waals surface area (Å²) in [5, 5.41) is 11.1. The van der Waals surface area contributed by atoms with E-state index in [9.17, 15) is 18.5 Å². The first-order valence-corrected chi connectivity index (χ1v) is 9.56. The molecule has 0 spiro atoms. The van der Waals surface area contributed by atoms with Crippen LogP contribution in [-0.4, -0.2) is 69.7 Å². The summed E-state index contributed by atoms with van der Waals surface area (Å²) in [4.78, 5) is 12.4. The van der Waals surface area contributed by atoms with E-state index in [-0.39, 0.29) is 29.8 Å². The van der Waals surface area contributed by atoms with Crippen LogP contribution in [0, 0.1) is 10.1 Å². The van der Waals surface area contributed by atoms with Crippen molar-refractivity contribution in [3.05, 3.63) is 28.3 Å². The van der Waals surface area contributed by atoms with Gasteiger partial charge in [-0.1, -0.05) is 0 Å². The molecule has 0 aromatic heterocycles. The smallest absolute Gasteiger partial charge is 0.270 e. The van der Waals surface area contributed by atoms with Crippen molar-refractivity contribution in [3.63, 3.8) is 0 Å². The minimum Gasteiger partial charge on any atom is -0.379 e. The maximum Gasteiger partial charge on any atom is 0.270 e. The highest BCUT2D eigenvalue weighted by atomic mass is 32.2. The van der Waals surface area contributed by atoms with Crippen molar-refractivity contribution in [2.75, 3.05) is 50.9 Å². The zero-order chi connectivity index (χ0) is 18.0. The zero-order valence-electron chi connectivity index (χ0n) is 14.0. The van der Waals surface area contributed by atoms with Crippen molar-refractivity contribution in [1.29, 1.82) is 0 Å². The number of nitro groups is 1. The molecule has 2 fully saturated rings. The summed E-state index contributed by atoms with van der Waals surface area (Å²) in [5.74, 6) is 0. The highest BCUT2D eigenvalue weighted by Gasteiger charge is 2.32. The molecule has 138 valence electrons. The predicted octanol–water partition coefficient (Wildman–Crippen LogP) is 0.841. The number of morpholine rings is 2. The molecule has 25 heavy (non-hydrogen) atoms. The van der Waals surface area contributed by atoms with Gasteiger partial charge >= 0.3 is 0 Å². The minimum absolute atomic E-state index is 0.0299. The first-order valence-electron chi connectivity index (χ1n) is 8.12. The molecule has 0 saturated carbocycles. The van der Waals surface area contributed by atoms with Crippen molar-refractivity contribution < 1.29 is 22.8 Å². The van der Waals surface area contributed by atoms with E-state index in [2.05, 4.69) is 0 Å². The molecule has 2 saturated heterocycles. The van der Waals surface area contributed by atoms with Crippen LogP contribution in [0.25, 0.3) is 0 Å². The Kier molecular flexibility index (Phi) is 5.23. The number of hydrogen-bond donors (Lipinski definition) is 0. The van der Waals surface area contributed by atoms with Crippen molar-refractivity contribution in [3.8, 4) is 0 Å². The molecule has 3 rings (SSSR count). The Morgan fingerprint density at radius 3 is 2.56 bits per heavy atom. The second kappa shape index (κ2) is 7.24. The third-order valence-electron chi connectivity index (χ3n) is 4.32. The minimum atomic E-state index is -3.85. The highest BCUT2D eigenvalue weighted by molar-refractivity contribution is 7.89. The van der Waals surface area contributed by atoms with E-state index in [1.54, 1.807) is 0 Å². The normalized spacial score (nSPS) is 22.8. The van der Waals surface area contributed by atoms with E-state index < -0.39 is 14.9 Å². The molecule has 9 nitrogen and oxygen atoms in total. The fourth-order valence-corrected chi connectivity index (χ4v) is 4.69. The molecule has 1 unspecified atom stereocenters. The Labute approximate surface area is 146 Å². The highest BCUT2D eigenvalue weighted by Crippen LogP contribution is 2.33. The molecule has 1 aromatic carbocycles. The average Bonchev–Trinajstić information content (AvgIpc) is 2.62. The van der Waals surface area contributed by atoms with Crippen LogP contribution < -0.4 is 4.90 Å². The van der Waals surface area contributed by atoms with Crippen molar-refractivity contribution in [1.82, 2.24) is 4.31 Å². The first-order chi connectivity index (χ1) is 11.9. The number of benzene rings is 1. The molecule has 0 N–H and O–H groups in total. The molecule has 0 radical (unpaired) electrons. The number of nitrogens with zero attached hydrogens (tertiary/aromatic N) is 3. The van der Waals surface area contributed by atoms with Gasteiger partial charge in [0.2, 0.25) is 10.0 Å². The van der Waals surface area contributed by atoms with Gasteiger partial charge in [0.15, 0.2) is 0 Å². The Balaban J connectivity index is 2.04. The van der Waals surface area contributed by atoms with Gasteiger partial charge in [-0.05, 0) is 13.0 Å². The van der Waals surface area contributed by atoms with E-state index in [1.165, 1.54) is 16.4 Å². The van der Waals surface area contributed by atoms with Crippen molar-refractivity contribution >= 4 is 21.4 Å². The van der Waals surface area contributed by atoms with Gasteiger partial charge in [-0.15, -0.1) is 0 Å². The number of hydrogen-bond acceptors (Lipinski definition) is 7. The topological polar surface area (TPSA) is 102 Å². The molecule has 0 amide bonds. The predicted molar refractivity (Wildman–Crippen MR) is 90.3 cm³/mol. The molecule has 0 aliphatic carbocycles. The quantitative estimate of drug-likeness (QED) is 0.571. The lowest BCUT2D eigenvalue weighted by Crippen LogP contribution is -2.44. The first kappa shape index (κ1) is 18.1. The Hall–Kier alpha value is -1.75. The molecule has 1 aromatic rings. The SMILES string of the molecule is CC1CN(c2ccc([N+](=O)[O-])cc2S(=O)(=O)N2CCOCC2)CCO1. The molecular weight excluding hydrogens is 350 g/mol. The van der Waals surface area contributed by atoms with E-state index in [1.807, 2.05) is 11.8 Å². The standard InChI is InChI=1S/C15H21N3O6S/c1-12-11-16(4-9-24-12)14-3-2-13(18(19)20)10-15(14)25(21,22)17-5-7-23-8-6-17/h2-3,10,12H,4-9,11H2,1H3. The number of non-ortho nitro benzene ring substituents is 1. The number of nitro benzene ring substituents is 1. The monoisotopic (exact) mass is 371 g/mol. The lowest BCUT2D eigenvalue weighted by Gasteiger charge is -2.35. The van der Waals surface area contributed by atoms with Gasteiger partial charge in [0, 0.05) is 38.3 Å². The van der Waals surface area contributed by atoms with Crippen molar-refractivity contribution in [2.24, 2.45) is 0 Å². The maximum atomic E-state index is 13.1. The molecule has 1 atom stereocenters. The van der Waals surface area contributed by atoms with Crippen molar-refractivity contribution in [2.45, 2.75) is 17.9 Å². The Morgan fingerprint density at radius 2 is 1.92 bits per heavy atom. The average molecular weight is 371 g/mol. The molecule has 2 aliphatic heterocycles. The molecule has 10 heteroatoms. The summed E-state index contributed by atoms with van der Waals surface area (Å²) in [6.07, 6.45) is -0.0390. The Morgan fingerprint density at radius 1 is 1.20 bits per heavy atom. The summed E-state index contributed by atoms with van der Waals surface area (Å²) in [6, 6.07) is 4.01. The zero-order valence-corrected chi connectivity index (χ0v) is 14.8. The number of rotatable bonds is 4. The lowest BCUT2D eigenvalue weighted by atomic mass is 10.2. The summed E-state index contributed by atoms with van der Waals surface area (Å²) >= 11 is 0. The largest absolute Gasteiger partial charge is 0.379 e. The second-order valence-corrected chi connectivity index (χ2v) is 7.96. The summed E-state index contributed by atoms with van der Waals surface area (Å²) in [5.41, 5.74) is 0.240. The van der Waals surface area contributed by atoms with E-state index >= 15 is 0 Å². The van der Waals surface area contributed by atoms with E-state index in [4.69, 9.17) is 9.47 Å². The molecular formula is C15H21N3O6S. The fourth-order valence-electron chi connectivity index (χ4n) is 3.05. The third-order valence-corrected chi connectivity index (χ3v) is 6.25. The van der Waals surface area contributed by atoms with Gasteiger partial charge in [0.25, 0.3) is 5.69 Å². The van der Waals surface area contributed by atoms with Crippen LogP contribution in [0.3, 0.4) is 0 Å². The van der Waals surface area contributed by atoms with Gasteiger partial charge < -0.3 is 14.4 Å².